The molecule has 5 nitrogen and oxygen atoms in total. The summed E-state index contributed by atoms with van der Waals surface area (Å²) < 4.78 is 43.6. The summed E-state index contributed by atoms with van der Waals surface area (Å²) >= 11 is 0. The highest BCUT2D eigenvalue weighted by molar-refractivity contribution is 5.80. The second kappa shape index (κ2) is 9.34. The molecule has 28 heavy (non-hydrogen) atoms. The fraction of sp³-hybridized carbons (Fsp3) is 0.350. The van der Waals surface area contributed by atoms with Gasteiger partial charge < -0.3 is 20.3 Å². The first-order valence-corrected chi connectivity index (χ1v) is 9.06. The van der Waals surface area contributed by atoms with Gasteiger partial charge in [0.1, 0.15) is 11.6 Å². The number of para-hydroxylation sites is 2. The molecular weight excluding hydrogens is 369 g/mol. The normalized spacial score (nSPS) is 17.1. The van der Waals surface area contributed by atoms with Crippen molar-refractivity contribution in [1.29, 1.82) is 0 Å². The Morgan fingerprint density at radius 1 is 1.21 bits per heavy atom. The lowest BCUT2D eigenvalue weighted by molar-refractivity contribution is -0.0495. The number of halogens is 3. The van der Waals surface area contributed by atoms with E-state index >= 15 is 0 Å². The smallest absolute Gasteiger partial charge is 0.387 e. The average molecular weight is 392 g/mol. The molecule has 0 saturated carbocycles. The van der Waals surface area contributed by atoms with Crippen LogP contribution in [-0.4, -0.2) is 38.8 Å². The predicted octanol–water partition coefficient (Wildman–Crippen LogP) is 3.37. The lowest BCUT2D eigenvalue weighted by atomic mass is 10.2. The van der Waals surface area contributed by atoms with Gasteiger partial charge in [0.25, 0.3) is 0 Å². The summed E-state index contributed by atoms with van der Waals surface area (Å²) in [5.74, 6) is 0.459. The lowest BCUT2D eigenvalue weighted by Gasteiger charge is -2.22. The van der Waals surface area contributed by atoms with Crippen LogP contribution in [0.5, 0.6) is 5.75 Å². The van der Waals surface area contributed by atoms with Gasteiger partial charge in [-0.3, -0.25) is 4.99 Å². The van der Waals surface area contributed by atoms with E-state index in [2.05, 4.69) is 20.4 Å². The molecule has 0 amide bonds. The van der Waals surface area contributed by atoms with E-state index < -0.39 is 6.61 Å². The molecule has 1 atom stereocenters. The summed E-state index contributed by atoms with van der Waals surface area (Å²) in [5, 5.41) is 6.40. The Balaban J connectivity index is 1.57. The van der Waals surface area contributed by atoms with Crippen LogP contribution in [0.2, 0.25) is 0 Å². The molecule has 1 saturated heterocycles. The Hall–Kier alpha value is -2.90. The van der Waals surface area contributed by atoms with Crippen molar-refractivity contribution < 1.29 is 17.9 Å². The van der Waals surface area contributed by atoms with Gasteiger partial charge in [0, 0.05) is 38.3 Å². The van der Waals surface area contributed by atoms with Gasteiger partial charge in [0.05, 0.1) is 5.69 Å². The fourth-order valence-electron chi connectivity index (χ4n) is 3.22. The quantitative estimate of drug-likeness (QED) is 0.585. The van der Waals surface area contributed by atoms with Gasteiger partial charge in [-0.15, -0.1) is 0 Å². The summed E-state index contributed by atoms with van der Waals surface area (Å²) in [5.41, 5.74) is 1.19. The minimum absolute atomic E-state index is 0.0754. The maximum Gasteiger partial charge on any atom is 0.387 e. The first-order chi connectivity index (χ1) is 13.6. The van der Waals surface area contributed by atoms with Crippen LogP contribution in [0.4, 0.5) is 18.9 Å². The number of rotatable bonds is 6. The minimum atomic E-state index is -2.86. The summed E-state index contributed by atoms with van der Waals surface area (Å²) in [7, 11) is 1.65. The van der Waals surface area contributed by atoms with Gasteiger partial charge in [0.2, 0.25) is 0 Å². The molecule has 0 aromatic heterocycles. The number of hydrogen-bond donors (Lipinski definition) is 2. The number of benzene rings is 2. The highest BCUT2D eigenvalue weighted by Gasteiger charge is 2.26. The van der Waals surface area contributed by atoms with Crippen LogP contribution in [0.25, 0.3) is 0 Å². The van der Waals surface area contributed by atoms with E-state index in [1.54, 1.807) is 43.4 Å². The molecule has 1 aliphatic heterocycles. The maximum atomic E-state index is 13.7. The zero-order valence-electron chi connectivity index (χ0n) is 15.5. The summed E-state index contributed by atoms with van der Waals surface area (Å²) in [4.78, 5) is 6.18. The van der Waals surface area contributed by atoms with Gasteiger partial charge in [-0.2, -0.15) is 8.78 Å². The van der Waals surface area contributed by atoms with Gasteiger partial charge in [-0.05, 0) is 24.6 Å². The first kappa shape index (κ1) is 19.9. The topological polar surface area (TPSA) is 48.9 Å². The van der Waals surface area contributed by atoms with E-state index in [-0.39, 0.29) is 17.6 Å². The molecular formula is C20H23F3N4O. The van der Waals surface area contributed by atoms with E-state index in [4.69, 9.17) is 0 Å². The van der Waals surface area contributed by atoms with Crippen LogP contribution in [-0.2, 0) is 6.54 Å². The van der Waals surface area contributed by atoms with Crippen LogP contribution >= 0.6 is 0 Å². The van der Waals surface area contributed by atoms with E-state index in [0.717, 1.165) is 6.42 Å². The molecule has 0 spiro atoms. The molecule has 2 aromatic carbocycles. The molecule has 1 aliphatic rings. The molecule has 1 heterocycles. The number of anilines is 1. The molecule has 8 heteroatoms. The monoisotopic (exact) mass is 392 g/mol. The Morgan fingerprint density at radius 2 is 1.96 bits per heavy atom. The largest absolute Gasteiger partial charge is 0.433 e. The second-order valence-corrected chi connectivity index (χ2v) is 6.44. The average Bonchev–Trinajstić information content (AvgIpc) is 3.14. The molecule has 150 valence electrons. The van der Waals surface area contributed by atoms with Crippen molar-refractivity contribution in [2.75, 3.05) is 25.0 Å². The van der Waals surface area contributed by atoms with Crippen molar-refractivity contribution in [3.05, 3.63) is 59.9 Å². The van der Waals surface area contributed by atoms with Crippen molar-refractivity contribution in [1.82, 2.24) is 10.6 Å². The second-order valence-electron chi connectivity index (χ2n) is 6.44. The van der Waals surface area contributed by atoms with E-state index in [0.29, 0.717) is 36.8 Å². The summed E-state index contributed by atoms with van der Waals surface area (Å²) in [6, 6.07) is 13.4. The van der Waals surface area contributed by atoms with E-state index in [1.807, 2.05) is 4.90 Å². The molecule has 0 aliphatic carbocycles. The van der Waals surface area contributed by atoms with Gasteiger partial charge in [-0.1, -0.05) is 30.3 Å². The number of guanidine groups is 1. The van der Waals surface area contributed by atoms with Crippen molar-refractivity contribution in [2.45, 2.75) is 25.6 Å². The van der Waals surface area contributed by atoms with Gasteiger partial charge >= 0.3 is 6.61 Å². The van der Waals surface area contributed by atoms with Crippen molar-refractivity contribution >= 4 is 11.6 Å². The standard InChI is InChI=1S/C20H23F3N4O/c1-24-20(25-12-14-6-2-3-7-16(14)21)26-15-10-11-27(13-15)17-8-4-5-9-18(17)28-19(22)23/h2-9,15,19H,10-13H2,1H3,(H2,24,25,26). The number of aliphatic imine (C=N–C) groups is 1. The Morgan fingerprint density at radius 3 is 2.71 bits per heavy atom. The third-order valence-electron chi connectivity index (χ3n) is 4.58. The van der Waals surface area contributed by atoms with Gasteiger partial charge in [0.15, 0.2) is 5.96 Å². The van der Waals surface area contributed by atoms with Crippen molar-refractivity contribution in [2.24, 2.45) is 4.99 Å². The lowest BCUT2D eigenvalue weighted by Crippen LogP contribution is -2.44. The van der Waals surface area contributed by atoms with Crippen LogP contribution < -0.4 is 20.3 Å². The zero-order chi connectivity index (χ0) is 19.9. The molecule has 3 rings (SSSR count). The third-order valence-corrected chi connectivity index (χ3v) is 4.58. The van der Waals surface area contributed by atoms with Crippen LogP contribution in [0, 0.1) is 5.82 Å². The fourth-order valence-corrected chi connectivity index (χ4v) is 3.22. The van der Waals surface area contributed by atoms with Crippen molar-refractivity contribution in [3.63, 3.8) is 0 Å². The van der Waals surface area contributed by atoms with Crippen LogP contribution in [0.1, 0.15) is 12.0 Å². The Bertz CT molecular complexity index is 816. The number of ether oxygens (including phenoxy) is 1. The van der Waals surface area contributed by atoms with Gasteiger partial charge in [-0.25, -0.2) is 4.39 Å². The van der Waals surface area contributed by atoms with E-state index in [9.17, 15) is 13.2 Å². The molecule has 0 bridgehead atoms. The molecule has 2 aromatic rings. The third kappa shape index (κ3) is 5.09. The molecule has 1 fully saturated rings. The highest BCUT2D eigenvalue weighted by Crippen LogP contribution is 2.31. The number of hydrogen-bond acceptors (Lipinski definition) is 3. The number of nitrogens with one attached hydrogen (secondary N) is 2. The minimum Gasteiger partial charge on any atom is -0.433 e. The summed E-state index contributed by atoms with van der Waals surface area (Å²) in [6.45, 7) is -1.23. The molecule has 0 radical (unpaired) electrons. The highest BCUT2D eigenvalue weighted by atomic mass is 19.3. The summed E-state index contributed by atoms with van der Waals surface area (Å²) in [6.07, 6.45) is 0.809. The Kier molecular flexibility index (Phi) is 6.62. The molecule has 2 N–H and O–H groups in total. The predicted molar refractivity (Wildman–Crippen MR) is 103 cm³/mol. The first-order valence-electron chi connectivity index (χ1n) is 9.06. The van der Waals surface area contributed by atoms with Crippen molar-refractivity contribution in [3.8, 4) is 5.75 Å². The van der Waals surface area contributed by atoms with Crippen LogP contribution in [0.3, 0.4) is 0 Å². The van der Waals surface area contributed by atoms with E-state index in [1.165, 1.54) is 12.1 Å². The van der Waals surface area contributed by atoms with Crippen LogP contribution in [0.15, 0.2) is 53.5 Å². The number of alkyl halides is 2. The number of nitrogens with zero attached hydrogens (tertiary/aromatic N) is 2. The Labute approximate surface area is 162 Å². The zero-order valence-corrected chi connectivity index (χ0v) is 15.5. The maximum absolute atomic E-state index is 13.7. The SMILES string of the molecule is CN=C(NCc1ccccc1F)NC1CCN(c2ccccc2OC(F)F)C1. The molecule has 1 unspecified atom stereocenters.